The predicted octanol–water partition coefficient (Wildman–Crippen LogP) is 2.59. The van der Waals surface area contributed by atoms with Gasteiger partial charge in [-0.25, -0.2) is 0 Å². The summed E-state index contributed by atoms with van der Waals surface area (Å²) in [5.74, 6) is 0.0723. The molecule has 17 heavy (non-hydrogen) atoms. The fraction of sp³-hybridized carbons (Fsp3) is 0.500. The topological polar surface area (TPSA) is 46.3 Å². The van der Waals surface area contributed by atoms with Gasteiger partial charge in [0, 0.05) is 17.8 Å². The highest BCUT2D eigenvalue weighted by molar-refractivity contribution is 6.01. The van der Waals surface area contributed by atoms with Gasteiger partial charge >= 0.3 is 0 Å². The Bertz CT molecular complexity index is 431. The van der Waals surface area contributed by atoms with Crippen molar-refractivity contribution in [1.29, 1.82) is 0 Å². The lowest BCUT2D eigenvalue weighted by Crippen LogP contribution is -2.43. The van der Waals surface area contributed by atoms with Crippen molar-refractivity contribution in [3.8, 4) is 0 Å². The molecular formula is C14H20N2O. The van der Waals surface area contributed by atoms with Crippen LogP contribution in [-0.4, -0.2) is 22.9 Å². The lowest BCUT2D eigenvalue weighted by molar-refractivity contribution is 0.0652. The van der Waals surface area contributed by atoms with E-state index in [1.54, 1.807) is 6.07 Å². The summed E-state index contributed by atoms with van der Waals surface area (Å²) < 4.78 is 0. The lowest BCUT2D eigenvalue weighted by Gasteiger charge is -2.32. The first kappa shape index (κ1) is 12.0. The molecule has 0 atom stereocenters. The number of hydrogen-bond donors (Lipinski definition) is 1. The van der Waals surface area contributed by atoms with Gasteiger partial charge in [0.2, 0.25) is 0 Å². The van der Waals surface area contributed by atoms with Crippen molar-refractivity contribution in [2.24, 2.45) is 0 Å². The van der Waals surface area contributed by atoms with Gasteiger partial charge in [0.1, 0.15) is 0 Å². The number of carbonyl (C=O) groups is 1. The second kappa shape index (κ2) is 4.06. The third-order valence-electron chi connectivity index (χ3n) is 3.67. The summed E-state index contributed by atoms with van der Waals surface area (Å²) >= 11 is 0. The first-order valence-electron chi connectivity index (χ1n) is 6.10. The van der Waals surface area contributed by atoms with E-state index in [2.05, 4.69) is 13.8 Å². The average Bonchev–Trinajstić information content (AvgIpc) is 2.57. The van der Waals surface area contributed by atoms with Gasteiger partial charge in [-0.15, -0.1) is 0 Å². The molecule has 0 spiro atoms. The van der Waals surface area contributed by atoms with Crippen LogP contribution in [0.3, 0.4) is 0 Å². The van der Waals surface area contributed by atoms with Crippen molar-refractivity contribution >= 4 is 11.6 Å². The number of hydrogen-bond acceptors (Lipinski definition) is 2. The lowest BCUT2D eigenvalue weighted by atomic mass is 9.99. The van der Waals surface area contributed by atoms with Crippen LogP contribution < -0.4 is 5.73 Å². The van der Waals surface area contributed by atoms with Crippen LogP contribution in [-0.2, 0) is 0 Å². The van der Waals surface area contributed by atoms with Crippen LogP contribution in [0.4, 0.5) is 5.69 Å². The van der Waals surface area contributed by atoms with E-state index < -0.39 is 0 Å². The summed E-state index contributed by atoms with van der Waals surface area (Å²) in [4.78, 5) is 14.5. The monoisotopic (exact) mass is 232 g/mol. The van der Waals surface area contributed by atoms with E-state index in [1.165, 1.54) is 0 Å². The Morgan fingerprint density at radius 2 is 2.12 bits per heavy atom. The van der Waals surface area contributed by atoms with Crippen molar-refractivity contribution in [2.75, 3.05) is 12.3 Å². The zero-order valence-corrected chi connectivity index (χ0v) is 10.8. The maximum absolute atomic E-state index is 12.6. The van der Waals surface area contributed by atoms with Crippen LogP contribution in [0.5, 0.6) is 0 Å². The summed E-state index contributed by atoms with van der Waals surface area (Å²) in [6.45, 7) is 7.00. The molecule has 3 heteroatoms. The second-order valence-electron chi connectivity index (χ2n) is 5.41. The van der Waals surface area contributed by atoms with Crippen molar-refractivity contribution in [2.45, 2.75) is 39.2 Å². The molecule has 1 aliphatic rings. The van der Waals surface area contributed by atoms with Gasteiger partial charge < -0.3 is 10.6 Å². The molecule has 92 valence electrons. The van der Waals surface area contributed by atoms with E-state index >= 15 is 0 Å². The molecule has 0 saturated carbocycles. The summed E-state index contributed by atoms with van der Waals surface area (Å²) in [5, 5.41) is 0. The average molecular weight is 232 g/mol. The molecule has 1 fully saturated rings. The number of nitrogen functional groups attached to an aromatic ring is 1. The maximum Gasteiger partial charge on any atom is 0.256 e. The van der Waals surface area contributed by atoms with Gasteiger partial charge in [-0.3, -0.25) is 4.79 Å². The number of nitrogens with two attached hydrogens (primary N) is 1. The Morgan fingerprint density at radius 3 is 2.65 bits per heavy atom. The number of rotatable bonds is 1. The van der Waals surface area contributed by atoms with Crippen LogP contribution in [0.15, 0.2) is 18.2 Å². The van der Waals surface area contributed by atoms with Crippen molar-refractivity contribution < 1.29 is 4.79 Å². The number of nitrogens with zero attached hydrogens (tertiary/aromatic N) is 1. The Kier molecular flexibility index (Phi) is 2.86. The Balaban J connectivity index is 2.38. The molecule has 3 nitrogen and oxygen atoms in total. The van der Waals surface area contributed by atoms with E-state index in [1.807, 2.05) is 24.0 Å². The summed E-state index contributed by atoms with van der Waals surface area (Å²) in [5.41, 5.74) is 8.09. The molecule has 1 aromatic carbocycles. The SMILES string of the molecule is Cc1cccc(N)c1C(=O)N1CCCC1(C)C. The van der Waals surface area contributed by atoms with Gasteiger partial charge in [0.05, 0.1) is 5.56 Å². The maximum atomic E-state index is 12.6. The Hall–Kier alpha value is -1.51. The van der Waals surface area contributed by atoms with E-state index in [0.29, 0.717) is 11.3 Å². The minimum Gasteiger partial charge on any atom is -0.398 e. The number of carbonyl (C=O) groups excluding carboxylic acids is 1. The largest absolute Gasteiger partial charge is 0.398 e. The minimum atomic E-state index is -0.0498. The van der Waals surface area contributed by atoms with Crippen molar-refractivity contribution in [1.82, 2.24) is 4.90 Å². The third-order valence-corrected chi connectivity index (χ3v) is 3.67. The van der Waals surface area contributed by atoms with E-state index in [4.69, 9.17) is 5.73 Å². The van der Waals surface area contributed by atoms with Crippen molar-refractivity contribution in [3.05, 3.63) is 29.3 Å². The number of likely N-dealkylation sites (tertiary alicyclic amines) is 1. The van der Waals surface area contributed by atoms with Crippen LogP contribution >= 0.6 is 0 Å². The Labute approximate surface area is 103 Å². The highest BCUT2D eigenvalue weighted by Gasteiger charge is 2.36. The van der Waals surface area contributed by atoms with Crippen LogP contribution in [0.25, 0.3) is 0 Å². The third kappa shape index (κ3) is 2.02. The van der Waals surface area contributed by atoms with Crippen LogP contribution in [0.1, 0.15) is 42.6 Å². The molecule has 0 aromatic heterocycles. The molecule has 1 aliphatic heterocycles. The molecule has 1 aromatic rings. The summed E-state index contributed by atoms with van der Waals surface area (Å²) in [6.07, 6.45) is 2.13. The second-order valence-corrected chi connectivity index (χ2v) is 5.41. The molecular weight excluding hydrogens is 212 g/mol. The van der Waals surface area contributed by atoms with Crippen molar-refractivity contribution in [3.63, 3.8) is 0 Å². The van der Waals surface area contributed by atoms with E-state index in [9.17, 15) is 4.79 Å². The minimum absolute atomic E-state index is 0.0498. The normalized spacial score (nSPS) is 18.4. The number of anilines is 1. The molecule has 1 amide bonds. The highest BCUT2D eigenvalue weighted by Crippen LogP contribution is 2.31. The van der Waals surface area contributed by atoms with Crippen LogP contribution in [0.2, 0.25) is 0 Å². The fourth-order valence-corrected chi connectivity index (χ4v) is 2.60. The molecule has 2 rings (SSSR count). The fourth-order valence-electron chi connectivity index (χ4n) is 2.60. The molecule has 2 N–H and O–H groups in total. The number of aryl methyl sites for hydroxylation is 1. The Morgan fingerprint density at radius 1 is 1.41 bits per heavy atom. The van der Waals surface area contributed by atoms with E-state index in [0.717, 1.165) is 24.9 Å². The first-order valence-corrected chi connectivity index (χ1v) is 6.10. The highest BCUT2D eigenvalue weighted by atomic mass is 16.2. The molecule has 0 unspecified atom stereocenters. The number of amides is 1. The quantitative estimate of drug-likeness (QED) is 0.756. The molecule has 0 bridgehead atoms. The molecule has 0 radical (unpaired) electrons. The zero-order valence-electron chi connectivity index (χ0n) is 10.8. The van der Waals surface area contributed by atoms with E-state index in [-0.39, 0.29) is 11.4 Å². The van der Waals surface area contributed by atoms with Gasteiger partial charge in [-0.2, -0.15) is 0 Å². The molecule has 0 aliphatic carbocycles. The van der Waals surface area contributed by atoms with Gasteiger partial charge in [-0.05, 0) is 45.2 Å². The standard InChI is InChI=1S/C14H20N2O/c1-10-6-4-7-11(15)12(10)13(17)16-9-5-8-14(16,2)3/h4,6-7H,5,8-9,15H2,1-3H3. The van der Waals surface area contributed by atoms with Crippen LogP contribution in [0, 0.1) is 6.92 Å². The zero-order chi connectivity index (χ0) is 12.6. The van der Waals surface area contributed by atoms with Gasteiger partial charge in [-0.1, -0.05) is 12.1 Å². The molecule has 1 saturated heterocycles. The smallest absolute Gasteiger partial charge is 0.256 e. The van der Waals surface area contributed by atoms with Gasteiger partial charge in [0.15, 0.2) is 0 Å². The summed E-state index contributed by atoms with van der Waals surface area (Å²) in [6, 6.07) is 5.62. The summed E-state index contributed by atoms with van der Waals surface area (Å²) in [7, 11) is 0. The molecule has 1 heterocycles. The number of benzene rings is 1. The predicted molar refractivity (Wildman–Crippen MR) is 69.9 cm³/mol. The van der Waals surface area contributed by atoms with Gasteiger partial charge in [0.25, 0.3) is 5.91 Å². The first-order chi connectivity index (χ1) is 7.93.